The number of rotatable bonds is 7. The lowest BCUT2D eigenvalue weighted by atomic mass is 9.49. The third kappa shape index (κ3) is 7.06. The summed E-state index contributed by atoms with van der Waals surface area (Å²) >= 11 is 0. The molecule has 3 fully saturated rings. The highest BCUT2D eigenvalue weighted by atomic mass is 16.7. The van der Waals surface area contributed by atoms with Gasteiger partial charge in [-0.25, -0.2) is 15.0 Å². The smallest absolute Gasteiger partial charge is 0.456 e. The number of aromatic nitrogens is 3. The molecule has 13 heteroatoms. The maximum absolute atomic E-state index is 6.83. The van der Waals surface area contributed by atoms with Crippen LogP contribution in [0.3, 0.4) is 0 Å². The van der Waals surface area contributed by atoms with E-state index in [0.29, 0.717) is 29.5 Å². The van der Waals surface area contributed by atoms with Gasteiger partial charge < -0.3 is 32.3 Å². The van der Waals surface area contributed by atoms with Crippen LogP contribution in [-0.2, 0) is 34.3 Å². The molecule has 10 nitrogen and oxygen atoms in total. The van der Waals surface area contributed by atoms with Crippen molar-refractivity contribution in [3.05, 3.63) is 133 Å². The molecular weight excluding hydrogens is 871 g/mol. The summed E-state index contributed by atoms with van der Waals surface area (Å²) in [5.74, 6) is 1.68. The predicted molar refractivity (Wildman–Crippen MR) is 282 cm³/mol. The summed E-state index contributed by atoms with van der Waals surface area (Å²) < 4.78 is 46.0. The van der Waals surface area contributed by atoms with Crippen LogP contribution in [0.25, 0.3) is 88.4 Å². The van der Waals surface area contributed by atoms with Crippen LogP contribution in [0.1, 0.15) is 81.7 Å². The maximum atomic E-state index is 6.83. The van der Waals surface area contributed by atoms with Crippen molar-refractivity contribution in [1.82, 2.24) is 15.0 Å². The molecule has 7 aromatic carbocycles. The van der Waals surface area contributed by atoms with E-state index >= 15 is 0 Å². The molecular formula is C57H56B3N3O7. The van der Waals surface area contributed by atoms with Crippen LogP contribution < -0.4 is 5.46 Å². The standard InChI is InChI=1S/C57H56B3N3O7/c1-52(2)53(3,4)66-58(65-52)45-25-17-23-41-47-42(24-18-26-46(47)64-48(41)45)51-62-49(35-19-13-12-14-20-35)61-50(63-51)36-28-30-39-37-21-15-16-22-38(37)43-31-34(27-29-40(43)44(39)32-36)33-57(11)56(9,10)69-60(70-57)59-67-54(5,6)55(7,8)68-59/h12-32H,33H2,1-11H3. The van der Waals surface area contributed by atoms with Crippen LogP contribution in [0.4, 0.5) is 0 Å². The highest BCUT2D eigenvalue weighted by Crippen LogP contribution is 2.46. The van der Waals surface area contributed by atoms with Crippen LogP contribution in [0, 0.1) is 0 Å². The van der Waals surface area contributed by atoms with Crippen LogP contribution in [0.5, 0.6) is 0 Å². The second kappa shape index (κ2) is 15.5. The predicted octanol–water partition coefficient (Wildman–Crippen LogP) is 12.3. The van der Waals surface area contributed by atoms with Gasteiger partial charge in [0, 0.05) is 39.3 Å². The summed E-state index contributed by atoms with van der Waals surface area (Å²) in [4.78, 5) is 15.7. The molecule has 0 spiro atoms. The molecule has 3 aliphatic heterocycles. The first-order valence-corrected chi connectivity index (χ1v) is 24.4. The van der Waals surface area contributed by atoms with Crippen molar-refractivity contribution in [2.24, 2.45) is 0 Å². The van der Waals surface area contributed by atoms with Gasteiger partial charge in [-0.2, -0.15) is 0 Å². The van der Waals surface area contributed by atoms with Gasteiger partial charge in [0.15, 0.2) is 17.5 Å². The van der Waals surface area contributed by atoms with E-state index in [1.165, 1.54) is 10.8 Å². The average molecular weight is 928 g/mol. The number of hydrogen-bond donors (Lipinski definition) is 0. The second-order valence-corrected chi connectivity index (χ2v) is 22.1. The topological polar surface area (TPSA) is 107 Å². The first kappa shape index (κ1) is 45.2. The molecule has 0 saturated carbocycles. The van der Waals surface area contributed by atoms with Crippen LogP contribution in [0.2, 0.25) is 0 Å². The Kier molecular flexibility index (Phi) is 10.0. The fraction of sp³-hybridized carbons (Fsp3) is 0.316. The molecule has 0 radical (unpaired) electrons. The van der Waals surface area contributed by atoms with Crippen molar-refractivity contribution in [2.75, 3.05) is 0 Å². The Balaban J connectivity index is 0.965. The van der Waals surface area contributed by atoms with Crippen LogP contribution in [0.15, 0.2) is 132 Å². The van der Waals surface area contributed by atoms with E-state index in [1.54, 1.807) is 0 Å². The molecule has 3 aliphatic rings. The third-order valence-corrected chi connectivity index (χ3v) is 16.2. The van der Waals surface area contributed by atoms with Crippen LogP contribution >= 0.6 is 0 Å². The highest BCUT2D eigenvalue weighted by Gasteiger charge is 2.65. The van der Waals surface area contributed by atoms with Gasteiger partial charge in [-0.05, 0) is 126 Å². The first-order chi connectivity index (χ1) is 33.2. The zero-order chi connectivity index (χ0) is 48.8. The molecule has 70 heavy (non-hydrogen) atoms. The number of fused-ring (bicyclic) bond motifs is 9. The maximum Gasteiger partial charge on any atom is 0.498 e. The molecule has 350 valence electrons. The molecule has 0 N–H and O–H groups in total. The van der Waals surface area contributed by atoms with Crippen LogP contribution in [-0.4, -0.2) is 69.7 Å². The Morgan fingerprint density at radius 1 is 0.414 bits per heavy atom. The Morgan fingerprint density at radius 2 is 0.943 bits per heavy atom. The fourth-order valence-electron chi connectivity index (χ4n) is 10.4. The van der Waals surface area contributed by atoms with Gasteiger partial charge in [-0.3, -0.25) is 0 Å². The quantitative estimate of drug-likeness (QED) is 0.113. The number of nitrogens with zero attached hydrogens (tertiary/aromatic N) is 3. The summed E-state index contributed by atoms with van der Waals surface area (Å²) in [5.41, 5.74) is 2.69. The lowest BCUT2D eigenvalue weighted by Crippen LogP contribution is -2.46. The van der Waals surface area contributed by atoms with Gasteiger partial charge in [-0.15, -0.1) is 0 Å². The molecule has 3 saturated heterocycles. The number of benzene rings is 7. The summed E-state index contributed by atoms with van der Waals surface area (Å²) in [6.45, 7) is 22.8. The van der Waals surface area contributed by atoms with E-state index in [0.717, 1.165) is 65.6 Å². The third-order valence-electron chi connectivity index (χ3n) is 16.2. The van der Waals surface area contributed by atoms with Gasteiger partial charge in [0.05, 0.1) is 33.6 Å². The Hall–Kier alpha value is -5.92. The fourth-order valence-corrected chi connectivity index (χ4v) is 10.4. The zero-order valence-electron chi connectivity index (χ0n) is 41.8. The lowest BCUT2D eigenvalue weighted by Gasteiger charge is -2.36. The SMILES string of the molecule is CC1(C)OB(B2OC(C)(C)C(C)(Cc3ccc4c(c3)c3ccccc3c3ccc(-c5nc(-c6ccccc6)nc(-c6cccc7oc8c(B9OC(C)(C)C(C)(C)O9)cccc8c67)n5)cc34)O2)OC1(C)C. The largest absolute Gasteiger partial charge is 0.498 e. The lowest BCUT2D eigenvalue weighted by molar-refractivity contribution is -0.00875. The number of hydrogen-bond acceptors (Lipinski definition) is 10. The van der Waals surface area contributed by atoms with E-state index in [4.69, 9.17) is 47.3 Å². The van der Waals surface area contributed by atoms with Crippen molar-refractivity contribution in [3.8, 4) is 34.2 Å². The molecule has 1 atom stereocenters. The Labute approximate surface area is 409 Å². The van der Waals surface area contributed by atoms with Crippen molar-refractivity contribution < 1.29 is 32.3 Å². The minimum atomic E-state index is -0.676. The van der Waals surface area contributed by atoms with Crippen molar-refractivity contribution >= 4 is 80.9 Å². The molecule has 1 unspecified atom stereocenters. The second-order valence-electron chi connectivity index (χ2n) is 22.1. The molecule has 2 aromatic heterocycles. The summed E-state index contributed by atoms with van der Waals surface area (Å²) in [5, 5.41) is 8.72. The number of para-hydroxylation sites is 1. The molecule has 0 aliphatic carbocycles. The van der Waals surface area contributed by atoms with E-state index in [-0.39, 0.29) is 0 Å². The average Bonchev–Trinajstić information content (AvgIpc) is 3.98. The minimum absolute atomic E-state index is 0.502. The van der Waals surface area contributed by atoms with Crippen molar-refractivity contribution in [1.29, 1.82) is 0 Å². The number of furan rings is 1. The van der Waals surface area contributed by atoms with E-state index < -0.39 is 54.7 Å². The normalized spacial score (nSPS) is 21.3. The van der Waals surface area contributed by atoms with Crippen molar-refractivity contribution in [2.45, 2.75) is 116 Å². The summed E-state index contributed by atoms with van der Waals surface area (Å²) in [6, 6.07) is 44.3. The molecule has 9 aromatic rings. The van der Waals surface area contributed by atoms with Gasteiger partial charge in [0.25, 0.3) is 0 Å². The van der Waals surface area contributed by atoms with Gasteiger partial charge >= 0.3 is 21.1 Å². The molecule has 12 rings (SSSR count). The highest BCUT2D eigenvalue weighted by molar-refractivity contribution is 7.11. The van der Waals surface area contributed by atoms with Gasteiger partial charge in [0.1, 0.15) is 11.2 Å². The first-order valence-electron chi connectivity index (χ1n) is 24.4. The van der Waals surface area contributed by atoms with E-state index in [2.05, 4.69) is 121 Å². The molecule has 0 amide bonds. The summed E-state index contributed by atoms with van der Waals surface area (Å²) in [7, 11) is -1.90. The summed E-state index contributed by atoms with van der Waals surface area (Å²) in [6.07, 6.45) is 0.618. The molecule has 0 bridgehead atoms. The van der Waals surface area contributed by atoms with Crippen molar-refractivity contribution in [3.63, 3.8) is 0 Å². The Bertz CT molecular complexity index is 3560. The minimum Gasteiger partial charge on any atom is -0.456 e. The van der Waals surface area contributed by atoms with Gasteiger partial charge in [-0.1, -0.05) is 115 Å². The Morgan fingerprint density at radius 3 is 1.66 bits per heavy atom. The van der Waals surface area contributed by atoms with Gasteiger partial charge in [0.2, 0.25) is 0 Å². The van der Waals surface area contributed by atoms with E-state index in [1.807, 2.05) is 82.3 Å². The molecule has 5 heterocycles. The van der Waals surface area contributed by atoms with E-state index in [9.17, 15) is 0 Å². The monoisotopic (exact) mass is 927 g/mol. The zero-order valence-corrected chi connectivity index (χ0v) is 41.8.